The van der Waals surface area contributed by atoms with Gasteiger partial charge in [-0.25, -0.2) is 8.42 Å². The lowest BCUT2D eigenvalue weighted by atomic mass is 10.2. The second-order valence-electron chi connectivity index (χ2n) is 5.34. The van der Waals surface area contributed by atoms with Crippen LogP contribution >= 0.6 is 34.5 Å². The van der Waals surface area contributed by atoms with E-state index in [0.717, 1.165) is 10.1 Å². The Balaban J connectivity index is 1.83. The summed E-state index contributed by atoms with van der Waals surface area (Å²) in [6.45, 7) is 1.33. The zero-order valence-electron chi connectivity index (χ0n) is 12.3. The van der Waals surface area contributed by atoms with Crippen molar-refractivity contribution in [3.05, 3.63) is 33.1 Å². The summed E-state index contributed by atoms with van der Waals surface area (Å²) in [5.41, 5.74) is 0. The van der Waals surface area contributed by atoms with Crippen LogP contribution in [0.3, 0.4) is 0 Å². The molecule has 1 aromatic heterocycles. The van der Waals surface area contributed by atoms with Gasteiger partial charge in [-0.3, -0.25) is 4.79 Å². The van der Waals surface area contributed by atoms with E-state index in [1.807, 2.05) is 0 Å². The summed E-state index contributed by atoms with van der Waals surface area (Å²) in [4.78, 5) is 14.8. The van der Waals surface area contributed by atoms with E-state index in [0.29, 0.717) is 41.1 Å². The number of amides is 1. The lowest BCUT2D eigenvalue weighted by Gasteiger charge is -2.33. The Morgan fingerprint density at radius 3 is 2.43 bits per heavy atom. The standard InChI is InChI=1S/C14H14Cl2N2O3S2/c1-23(20,21)18-6-4-17(5-7-18)14(19)13-12(16)10-3-2-9(15)8-11(10)22-13/h2-3,8H,4-7H2,1H3. The lowest BCUT2D eigenvalue weighted by molar-refractivity contribution is 0.0703. The van der Waals surface area contributed by atoms with E-state index < -0.39 is 10.0 Å². The van der Waals surface area contributed by atoms with Crippen LogP contribution in [0.4, 0.5) is 0 Å². The van der Waals surface area contributed by atoms with Crippen LogP contribution in [0.1, 0.15) is 9.67 Å². The van der Waals surface area contributed by atoms with Crippen molar-refractivity contribution in [1.82, 2.24) is 9.21 Å². The van der Waals surface area contributed by atoms with Gasteiger partial charge >= 0.3 is 0 Å². The zero-order valence-corrected chi connectivity index (χ0v) is 15.4. The Kier molecular flexibility index (Phi) is 4.59. The number of piperazine rings is 1. The summed E-state index contributed by atoms with van der Waals surface area (Å²) in [5.74, 6) is -0.166. The van der Waals surface area contributed by atoms with Crippen molar-refractivity contribution >= 4 is 60.6 Å². The molecule has 1 amide bonds. The van der Waals surface area contributed by atoms with E-state index in [-0.39, 0.29) is 5.91 Å². The largest absolute Gasteiger partial charge is 0.335 e. The minimum Gasteiger partial charge on any atom is -0.335 e. The number of carbonyl (C=O) groups is 1. The molecule has 0 spiro atoms. The number of benzene rings is 1. The van der Waals surface area contributed by atoms with Gasteiger partial charge in [-0.05, 0) is 12.1 Å². The van der Waals surface area contributed by atoms with Crippen LogP contribution < -0.4 is 0 Å². The summed E-state index contributed by atoms with van der Waals surface area (Å²) in [5, 5.41) is 1.83. The van der Waals surface area contributed by atoms with E-state index in [1.54, 1.807) is 23.1 Å². The first-order valence-electron chi connectivity index (χ1n) is 6.89. The molecule has 1 saturated heterocycles. The second-order valence-corrected chi connectivity index (χ2v) is 9.19. The average Bonchev–Trinajstić information content (AvgIpc) is 2.82. The Bertz CT molecular complexity index is 872. The summed E-state index contributed by atoms with van der Waals surface area (Å²) >= 11 is 13.6. The SMILES string of the molecule is CS(=O)(=O)N1CCN(C(=O)c2sc3cc(Cl)ccc3c2Cl)CC1. The summed E-state index contributed by atoms with van der Waals surface area (Å²) < 4.78 is 25.3. The number of fused-ring (bicyclic) bond motifs is 1. The molecule has 1 fully saturated rings. The molecule has 5 nitrogen and oxygen atoms in total. The fraction of sp³-hybridized carbons (Fsp3) is 0.357. The Labute approximate surface area is 148 Å². The topological polar surface area (TPSA) is 57.7 Å². The number of sulfonamides is 1. The highest BCUT2D eigenvalue weighted by Gasteiger charge is 2.28. The van der Waals surface area contributed by atoms with Gasteiger partial charge < -0.3 is 4.90 Å². The van der Waals surface area contributed by atoms with Gasteiger partial charge in [0.2, 0.25) is 10.0 Å². The average molecular weight is 393 g/mol. The van der Waals surface area contributed by atoms with E-state index in [1.165, 1.54) is 21.9 Å². The molecule has 0 unspecified atom stereocenters. The molecule has 1 aliphatic rings. The van der Waals surface area contributed by atoms with Crippen LogP contribution in [0.2, 0.25) is 10.0 Å². The molecule has 0 aliphatic carbocycles. The molecule has 0 N–H and O–H groups in total. The monoisotopic (exact) mass is 392 g/mol. The molecule has 2 heterocycles. The first-order valence-corrected chi connectivity index (χ1v) is 10.3. The third kappa shape index (κ3) is 3.34. The third-order valence-corrected chi connectivity index (χ3v) is 6.96. The van der Waals surface area contributed by atoms with E-state index in [2.05, 4.69) is 0 Å². The fourth-order valence-corrected chi connectivity index (χ4v) is 5.13. The highest BCUT2D eigenvalue weighted by molar-refractivity contribution is 7.88. The van der Waals surface area contributed by atoms with Crippen molar-refractivity contribution in [3.8, 4) is 0 Å². The van der Waals surface area contributed by atoms with Crippen molar-refractivity contribution in [2.45, 2.75) is 0 Å². The molecule has 0 bridgehead atoms. The number of carbonyl (C=O) groups excluding carboxylic acids is 1. The number of thiophene rings is 1. The summed E-state index contributed by atoms with van der Waals surface area (Å²) in [6.07, 6.45) is 1.18. The van der Waals surface area contributed by atoms with Crippen LogP contribution in [0.5, 0.6) is 0 Å². The number of halogens is 2. The quantitative estimate of drug-likeness (QED) is 0.789. The van der Waals surface area contributed by atoms with Crippen LogP contribution in [-0.4, -0.2) is 56.0 Å². The molecule has 23 heavy (non-hydrogen) atoms. The number of nitrogens with zero attached hydrogens (tertiary/aromatic N) is 2. The molecule has 2 aromatic rings. The maximum Gasteiger partial charge on any atom is 0.265 e. The van der Waals surface area contributed by atoms with Crippen LogP contribution in [0.25, 0.3) is 10.1 Å². The van der Waals surface area contributed by atoms with Crippen molar-refractivity contribution in [3.63, 3.8) is 0 Å². The Hall–Kier alpha value is -0.860. The maximum atomic E-state index is 12.7. The molecular weight excluding hydrogens is 379 g/mol. The summed E-state index contributed by atoms with van der Waals surface area (Å²) in [6, 6.07) is 5.32. The molecule has 0 atom stereocenters. The van der Waals surface area contributed by atoms with Gasteiger partial charge in [-0.15, -0.1) is 11.3 Å². The molecule has 0 saturated carbocycles. The molecule has 9 heteroatoms. The molecular formula is C14H14Cl2N2O3S2. The fourth-order valence-electron chi connectivity index (χ4n) is 2.54. The van der Waals surface area contributed by atoms with Crippen molar-refractivity contribution in [2.75, 3.05) is 32.4 Å². The van der Waals surface area contributed by atoms with E-state index in [4.69, 9.17) is 23.2 Å². The van der Waals surface area contributed by atoms with Gasteiger partial charge in [-0.2, -0.15) is 4.31 Å². The van der Waals surface area contributed by atoms with Gasteiger partial charge in [-0.1, -0.05) is 29.3 Å². The Morgan fingerprint density at radius 2 is 1.83 bits per heavy atom. The maximum absolute atomic E-state index is 12.7. The first kappa shape index (κ1) is 17.0. The van der Waals surface area contributed by atoms with Gasteiger partial charge in [0.25, 0.3) is 5.91 Å². The van der Waals surface area contributed by atoms with E-state index >= 15 is 0 Å². The second kappa shape index (κ2) is 6.22. The van der Waals surface area contributed by atoms with Gasteiger partial charge in [0.1, 0.15) is 4.88 Å². The predicted octanol–water partition coefficient (Wildman–Crippen LogP) is 2.93. The molecule has 0 radical (unpaired) electrons. The Morgan fingerprint density at radius 1 is 1.17 bits per heavy atom. The summed E-state index contributed by atoms with van der Waals surface area (Å²) in [7, 11) is -3.22. The van der Waals surface area contributed by atoms with Crippen molar-refractivity contribution in [2.24, 2.45) is 0 Å². The van der Waals surface area contributed by atoms with Crippen molar-refractivity contribution < 1.29 is 13.2 Å². The van der Waals surface area contributed by atoms with E-state index in [9.17, 15) is 13.2 Å². The van der Waals surface area contributed by atoms with Gasteiger partial charge in [0.05, 0.1) is 11.3 Å². The van der Waals surface area contributed by atoms with Crippen LogP contribution in [0.15, 0.2) is 18.2 Å². The highest BCUT2D eigenvalue weighted by atomic mass is 35.5. The number of hydrogen-bond donors (Lipinski definition) is 0. The third-order valence-electron chi connectivity index (χ3n) is 3.78. The van der Waals surface area contributed by atoms with Crippen LogP contribution in [-0.2, 0) is 10.0 Å². The smallest absolute Gasteiger partial charge is 0.265 e. The van der Waals surface area contributed by atoms with Crippen LogP contribution in [0, 0.1) is 0 Å². The minimum atomic E-state index is -3.22. The molecule has 1 aliphatic heterocycles. The number of hydrogen-bond acceptors (Lipinski definition) is 4. The number of rotatable bonds is 2. The predicted molar refractivity (Wildman–Crippen MR) is 94.2 cm³/mol. The highest BCUT2D eigenvalue weighted by Crippen LogP contribution is 2.37. The molecule has 1 aromatic carbocycles. The first-order chi connectivity index (χ1) is 10.8. The van der Waals surface area contributed by atoms with Gasteiger partial charge in [0, 0.05) is 41.3 Å². The minimum absolute atomic E-state index is 0.166. The lowest BCUT2D eigenvalue weighted by Crippen LogP contribution is -2.50. The van der Waals surface area contributed by atoms with Crippen molar-refractivity contribution in [1.29, 1.82) is 0 Å². The normalized spacial score (nSPS) is 16.9. The van der Waals surface area contributed by atoms with Gasteiger partial charge in [0.15, 0.2) is 0 Å². The zero-order chi connectivity index (χ0) is 16.8. The molecule has 124 valence electrons. The molecule has 3 rings (SSSR count).